The van der Waals surface area contributed by atoms with E-state index in [0.717, 1.165) is 36.9 Å². The summed E-state index contributed by atoms with van der Waals surface area (Å²) in [6.45, 7) is 6.58. The van der Waals surface area contributed by atoms with E-state index in [9.17, 15) is 0 Å². The standard InChI is InChI=1S/C14H21ClN2O.ClH/c15-13-3-5-14(6-4-13)18-12-2-1-9-17-10-7-16-8-11-17;/h3-6,16H,1-2,7-12H2;1H/p-1. The molecule has 19 heavy (non-hydrogen) atoms. The van der Waals surface area contributed by atoms with Gasteiger partial charge in [-0.05, 0) is 43.7 Å². The van der Waals surface area contributed by atoms with E-state index in [2.05, 4.69) is 10.2 Å². The quantitative estimate of drug-likeness (QED) is 0.711. The first-order valence-electron chi connectivity index (χ1n) is 6.66. The minimum atomic E-state index is 0. The molecule has 1 fully saturated rings. The molecule has 5 heteroatoms. The van der Waals surface area contributed by atoms with Crippen LogP contribution in [0.25, 0.3) is 0 Å². The Balaban J connectivity index is 0.00000180. The minimum absolute atomic E-state index is 0. The molecule has 0 aromatic heterocycles. The number of hydrogen-bond donors (Lipinski definition) is 1. The summed E-state index contributed by atoms with van der Waals surface area (Å²) in [6, 6.07) is 7.55. The van der Waals surface area contributed by atoms with Gasteiger partial charge in [0.25, 0.3) is 0 Å². The first-order valence-corrected chi connectivity index (χ1v) is 7.04. The Morgan fingerprint density at radius 2 is 1.79 bits per heavy atom. The number of rotatable bonds is 6. The van der Waals surface area contributed by atoms with Crippen LogP contribution in [-0.4, -0.2) is 44.2 Å². The third kappa shape index (κ3) is 6.48. The maximum atomic E-state index is 5.82. The number of piperazine rings is 1. The van der Waals surface area contributed by atoms with Gasteiger partial charge in [0.15, 0.2) is 0 Å². The molecule has 3 nitrogen and oxygen atoms in total. The van der Waals surface area contributed by atoms with Gasteiger partial charge in [0.05, 0.1) is 6.61 Å². The first-order chi connectivity index (χ1) is 8.84. The van der Waals surface area contributed by atoms with Gasteiger partial charge in [-0.25, -0.2) is 0 Å². The second kappa shape index (κ2) is 9.43. The normalized spacial score (nSPS) is 15.8. The predicted octanol–water partition coefficient (Wildman–Crippen LogP) is -0.592. The summed E-state index contributed by atoms with van der Waals surface area (Å²) >= 11 is 5.82. The third-order valence-electron chi connectivity index (χ3n) is 3.16. The largest absolute Gasteiger partial charge is 1.00 e. The van der Waals surface area contributed by atoms with Crippen molar-refractivity contribution in [3.63, 3.8) is 0 Å². The molecule has 1 aromatic rings. The fourth-order valence-electron chi connectivity index (χ4n) is 2.09. The van der Waals surface area contributed by atoms with Crippen LogP contribution in [0, 0.1) is 0 Å². The third-order valence-corrected chi connectivity index (χ3v) is 3.41. The van der Waals surface area contributed by atoms with E-state index in [1.54, 1.807) is 0 Å². The number of nitrogens with zero attached hydrogens (tertiary/aromatic N) is 1. The summed E-state index contributed by atoms with van der Waals surface area (Å²) < 4.78 is 5.66. The zero-order chi connectivity index (χ0) is 12.6. The van der Waals surface area contributed by atoms with Crippen molar-refractivity contribution in [3.05, 3.63) is 29.3 Å². The molecular weight excluding hydrogens is 283 g/mol. The fourth-order valence-corrected chi connectivity index (χ4v) is 2.22. The van der Waals surface area contributed by atoms with Crippen molar-refractivity contribution in [2.45, 2.75) is 12.8 Å². The van der Waals surface area contributed by atoms with Crippen LogP contribution in [0.3, 0.4) is 0 Å². The number of nitrogens with one attached hydrogen (secondary N) is 1. The molecule has 0 amide bonds. The lowest BCUT2D eigenvalue weighted by molar-refractivity contribution is -0.00000414. The molecule has 1 saturated heterocycles. The Labute approximate surface area is 126 Å². The van der Waals surface area contributed by atoms with Crippen molar-refractivity contribution < 1.29 is 17.1 Å². The van der Waals surface area contributed by atoms with Crippen LogP contribution in [0.1, 0.15) is 12.8 Å². The Hall–Kier alpha value is -0.480. The zero-order valence-corrected chi connectivity index (χ0v) is 12.6. The lowest BCUT2D eigenvalue weighted by Gasteiger charge is -2.26. The Morgan fingerprint density at radius 1 is 1.11 bits per heavy atom. The lowest BCUT2D eigenvalue weighted by Crippen LogP contribution is -3.00. The highest BCUT2D eigenvalue weighted by molar-refractivity contribution is 6.30. The van der Waals surface area contributed by atoms with E-state index >= 15 is 0 Å². The van der Waals surface area contributed by atoms with Crippen LogP contribution in [-0.2, 0) is 0 Å². The van der Waals surface area contributed by atoms with Crippen molar-refractivity contribution in [1.29, 1.82) is 0 Å². The van der Waals surface area contributed by atoms with Crippen LogP contribution >= 0.6 is 11.6 Å². The van der Waals surface area contributed by atoms with Gasteiger partial charge in [0.1, 0.15) is 5.75 Å². The average molecular weight is 304 g/mol. The zero-order valence-electron chi connectivity index (χ0n) is 11.1. The molecular formula is C14H21Cl2N2O-. The molecule has 1 aliphatic heterocycles. The molecule has 1 heterocycles. The van der Waals surface area contributed by atoms with E-state index in [1.807, 2.05) is 24.3 Å². The molecule has 0 spiro atoms. The van der Waals surface area contributed by atoms with Gasteiger partial charge < -0.3 is 27.4 Å². The second-order valence-corrected chi connectivity index (χ2v) is 5.04. The van der Waals surface area contributed by atoms with Gasteiger partial charge in [-0.2, -0.15) is 0 Å². The van der Waals surface area contributed by atoms with Crippen molar-refractivity contribution in [3.8, 4) is 5.75 Å². The first kappa shape index (κ1) is 16.6. The number of hydrogen-bond acceptors (Lipinski definition) is 3. The Kier molecular flexibility index (Phi) is 8.22. The van der Waals surface area contributed by atoms with Gasteiger partial charge in [0, 0.05) is 31.2 Å². The highest BCUT2D eigenvalue weighted by Crippen LogP contribution is 2.15. The van der Waals surface area contributed by atoms with E-state index in [0.29, 0.717) is 0 Å². The predicted molar refractivity (Wildman–Crippen MR) is 75.5 cm³/mol. The van der Waals surface area contributed by atoms with Crippen molar-refractivity contribution in [2.24, 2.45) is 0 Å². The average Bonchev–Trinajstić information content (AvgIpc) is 2.42. The summed E-state index contributed by atoms with van der Waals surface area (Å²) in [5.41, 5.74) is 0. The van der Waals surface area contributed by atoms with Crippen molar-refractivity contribution in [1.82, 2.24) is 10.2 Å². The summed E-state index contributed by atoms with van der Waals surface area (Å²) in [5, 5.41) is 4.12. The van der Waals surface area contributed by atoms with Gasteiger partial charge in [0.2, 0.25) is 0 Å². The van der Waals surface area contributed by atoms with E-state index in [1.165, 1.54) is 26.1 Å². The molecule has 0 aliphatic carbocycles. The number of unbranched alkanes of at least 4 members (excludes halogenated alkanes) is 1. The van der Waals surface area contributed by atoms with Gasteiger partial charge in [-0.15, -0.1) is 0 Å². The van der Waals surface area contributed by atoms with Gasteiger partial charge in [-0.3, -0.25) is 0 Å². The molecule has 0 atom stereocenters. The summed E-state index contributed by atoms with van der Waals surface area (Å²) in [6.07, 6.45) is 2.31. The molecule has 1 aliphatic rings. The fraction of sp³-hybridized carbons (Fsp3) is 0.571. The highest BCUT2D eigenvalue weighted by Gasteiger charge is 2.08. The topological polar surface area (TPSA) is 24.5 Å². The maximum absolute atomic E-state index is 5.82. The molecule has 0 saturated carbocycles. The second-order valence-electron chi connectivity index (χ2n) is 4.60. The lowest BCUT2D eigenvalue weighted by atomic mass is 10.2. The van der Waals surface area contributed by atoms with Crippen LogP contribution in [0.4, 0.5) is 0 Å². The molecule has 0 radical (unpaired) electrons. The number of halogens is 2. The summed E-state index contributed by atoms with van der Waals surface area (Å²) in [7, 11) is 0. The maximum Gasteiger partial charge on any atom is 0.119 e. The molecule has 1 N–H and O–H groups in total. The van der Waals surface area contributed by atoms with Crippen LogP contribution in [0.5, 0.6) is 5.75 Å². The van der Waals surface area contributed by atoms with Crippen LogP contribution in [0.15, 0.2) is 24.3 Å². The minimum Gasteiger partial charge on any atom is -1.00 e. The molecule has 108 valence electrons. The molecule has 1 aromatic carbocycles. The van der Waals surface area contributed by atoms with E-state index < -0.39 is 0 Å². The van der Waals surface area contributed by atoms with Crippen LogP contribution < -0.4 is 22.5 Å². The molecule has 2 rings (SSSR count). The smallest absolute Gasteiger partial charge is 0.119 e. The van der Waals surface area contributed by atoms with Crippen molar-refractivity contribution >= 4 is 11.6 Å². The van der Waals surface area contributed by atoms with Gasteiger partial charge >= 0.3 is 0 Å². The summed E-state index contributed by atoms with van der Waals surface area (Å²) in [4.78, 5) is 2.51. The Morgan fingerprint density at radius 3 is 2.47 bits per heavy atom. The van der Waals surface area contributed by atoms with Gasteiger partial charge in [-0.1, -0.05) is 11.6 Å². The van der Waals surface area contributed by atoms with Crippen molar-refractivity contribution in [2.75, 3.05) is 39.3 Å². The molecule has 0 bridgehead atoms. The molecule has 0 unspecified atom stereocenters. The van der Waals surface area contributed by atoms with E-state index in [4.69, 9.17) is 16.3 Å². The number of benzene rings is 1. The Bertz CT molecular complexity index is 340. The van der Waals surface area contributed by atoms with E-state index in [-0.39, 0.29) is 12.4 Å². The highest BCUT2D eigenvalue weighted by atomic mass is 35.5. The summed E-state index contributed by atoms with van der Waals surface area (Å²) in [5.74, 6) is 0.904. The van der Waals surface area contributed by atoms with Crippen LogP contribution in [0.2, 0.25) is 5.02 Å². The monoisotopic (exact) mass is 303 g/mol. The number of ether oxygens (including phenoxy) is 1. The SMILES string of the molecule is Clc1ccc(OCCCCN2CCNCC2)cc1.[Cl-].